The largest absolute Gasteiger partial charge is 0.397 e. The van der Waals surface area contributed by atoms with Crippen LogP contribution in [0.15, 0.2) is 66.3 Å². The Labute approximate surface area is 184 Å². The lowest BCUT2D eigenvalue weighted by Crippen LogP contribution is -2.54. The first-order valence-corrected chi connectivity index (χ1v) is 11.3. The third-order valence-electron chi connectivity index (χ3n) is 7.31. The summed E-state index contributed by atoms with van der Waals surface area (Å²) in [4.78, 5) is 14.6. The summed E-state index contributed by atoms with van der Waals surface area (Å²) in [5.74, 6) is 1.66. The van der Waals surface area contributed by atoms with Crippen molar-refractivity contribution in [3.8, 4) is 0 Å². The smallest absolute Gasteiger partial charge is 0.248 e. The van der Waals surface area contributed by atoms with E-state index < -0.39 is 0 Å². The molecular weight excluding hydrogens is 382 g/mol. The Hall–Kier alpha value is -2.85. The highest BCUT2D eigenvalue weighted by atomic mass is 16.1. The molecule has 2 saturated carbocycles. The Morgan fingerprint density at radius 2 is 2.00 bits per heavy atom. The molecule has 0 spiro atoms. The lowest BCUT2D eigenvalue weighted by Gasteiger charge is -2.61. The summed E-state index contributed by atoms with van der Waals surface area (Å²) >= 11 is 0. The molecule has 3 unspecified atom stereocenters. The molecule has 0 radical (unpaired) electrons. The second-order valence-electron chi connectivity index (χ2n) is 9.71. The van der Waals surface area contributed by atoms with E-state index in [1.807, 2.05) is 18.2 Å². The van der Waals surface area contributed by atoms with Gasteiger partial charge in [0.25, 0.3) is 0 Å². The molecule has 0 heterocycles. The summed E-state index contributed by atoms with van der Waals surface area (Å²) in [5, 5.41) is 2.81. The number of nitrogens with one attached hydrogen (secondary N) is 1. The molecule has 4 nitrogen and oxygen atoms in total. The Kier molecular flexibility index (Phi) is 5.19. The molecule has 2 fully saturated rings. The van der Waals surface area contributed by atoms with Gasteiger partial charge < -0.3 is 16.0 Å². The summed E-state index contributed by atoms with van der Waals surface area (Å²) in [6, 6.07) is 15.7. The fourth-order valence-corrected chi connectivity index (χ4v) is 6.10. The van der Waals surface area contributed by atoms with Crippen LogP contribution in [0.4, 0.5) is 11.4 Å². The predicted octanol–water partition coefficient (Wildman–Crippen LogP) is 5.10. The molecular formula is C27H31N3O. The van der Waals surface area contributed by atoms with Crippen molar-refractivity contribution in [1.82, 2.24) is 4.90 Å². The zero-order valence-corrected chi connectivity index (χ0v) is 18.2. The van der Waals surface area contributed by atoms with Gasteiger partial charge in [-0.2, -0.15) is 0 Å². The number of benzene rings is 2. The highest BCUT2D eigenvalue weighted by Crippen LogP contribution is 2.65. The van der Waals surface area contributed by atoms with Crippen LogP contribution in [0, 0.1) is 17.3 Å². The number of para-hydroxylation sites is 2. The highest BCUT2D eigenvalue weighted by Gasteiger charge is 2.56. The summed E-state index contributed by atoms with van der Waals surface area (Å²) in [7, 11) is 2.25. The Morgan fingerprint density at radius 1 is 1.19 bits per heavy atom. The average molecular weight is 414 g/mol. The Balaban J connectivity index is 1.15. The van der Waals surface area contributed by atoms with Gasteiger partial charge >= 0.3 is 0 Å². The van der Waals surface area contributed by atoms with E-state index in [1.54, 1.807) is 23.8 Å². The van der Waals surface area contributed by atoms with Crippen LogP contribution in [-0.2, 0) is 11.3 Å². The molecule has 0 aromatic heterocycles. The van der Waals surface area contributed by atoms with Gasteiger partial charge in [0.15, 0.2) is 0 Å². The number of hydrogen-bond donors (Lipinski definition) is 2. The molecule has 3 atom stereocenters. The van der Waals surface area contributed by atoms with Crippen LogP contribution in [-0.4, -0.2) is 24.4 Å². The fourth-order valence-electron chi connectivity index (χ4n) is 6.10. The van der Waals surface area contributed by atoms with Crippen molar-refractivity contribution < 1.29 is 4.79 Å². The standard InChI is InChI=1S/C27H31N3O/c1-30(18-27-15-21-10-12-23(27)22(14-21)16-27)17-20-8-6-19(7-9-20)11-13-26(31)29-25-5-3-2-4-24(25)28/h2-9,11-13,21-22H,10,14-18,28H2,1H3,(H,29,31)/b13-11+. The van der Waals surface area contributed by atoms with Gasteiger partial charge in [0.1, 0.15) is 0 Å². The maximum Gasteiger partial charge on any atom is 0.248 e. The van der Waals surface area contributed by atoms with Gasteiger partial charge in [-0.1, -0.05) is 48.0 Å². The maximum atomic E-state index is 12.2. The highest BCUT2D eigenvalue weighted by molar-refractivity contribution is 6.03. The van der Waals surface area contributed by atoms with Crippen molar-refractivity contribution in [3.63, 3.8) is 0 Å². The zero-order chi connectivity index (χ0) is 21.4. The molecule has 31 heavy (non-hydrogen) atoms. The van der Waals surface area contributed by atoms with Gasteiger partial charge in [-0.05, 0) is 73.9 Å². The van der Waals surface area contributed by atoms with Gasteiger partial charge in [-0.15, -0.1) is 0 Å². The Bertz CT molecular complexity index is 1040. The van der Waals surface area contributed by atoms with Crippen molar-refractivity contribution in [2.75, 3.05) is 24.6 Å². The van der Waals surface area contributed by atoms with Crippen LogP contribution in [0.5, 0.6) is 0 Å². The van der Waals surface area contributed by atoms with Gasteiger partial charge in [0.2, 0.25) is 5.91 Å². The topological polar surface area (TPSA) is 58.4 Å². The van der Waals surface area contributed by atoms with Crippen molar-refractivity contribution >= 4 is 23.4 Å². The van der Waals surface area contributed by atoms with Crippen LogP contribution >= 0.6 is 0 Å². The van der Waals surface area contributed by atoms with Crippen LogP contribution in [0.1, 0.15) is 36.8 Å². The van der Waals surface area contributed by atoms with Crippen molar-refractivity contribution in [3.05, 3.63) is 77.4 Å². The molecule has 2 aromatic rings. The van der Waals surface area contributed by atoms with Gasteiger partial charge in [-0.3, -0.25) is 4.79 Å². The van der Waals surface area contributed by atoms with E-state index in [1.165, 1.54) is 37.8 Å². The van der Waals surface area contributed by atoms with Gasteiger partial charge in [0, 0.05) is 24.6 Å². The van der Waals surface area contributed by atoms with Crippen molar-refractivity contribution in [1.29, 1.82) is 0 Å². The normalized spacial score (nSPS) is 26.1. The number of hydrogen-bond acceptors (Lipinski definition) is 3. The molecule has 4 aliphatic rings. The van der Waals surface area contributed by atoms with Crippen molar-refractivity contribution in [2.24, 2.45) is 17.3 Å². The molecule has 160 valence electrons. The first-order valence-electron chi connectivity index (χ1n) is 11.3. The molecule has 0 saturated heterocycles. The SMILES string of the molecule is CN(Cc1ccc(/C=C/C(=O)Nc2ccccc2N)cc1)CC12CC3CC=C1C(C3)C2. The molecule has 3 N–H and O–H groups in total. The number of nitrogen functional groups attached to an aromatic ring is 1. The molecule has 2 aromatic carbocycles. The van der Waals surface area contributed by atoms with Crippen LogP contribution in [0.2, 0.25) is 0 Å². The summed E-state index contributed by atoms with van der Waals surface area (Å²) in [6.45, 7) is 2.14. The first-order chi connectivity index (χ1) is 15.0. The Morgan fingerprint density at radius 3 is 2.71 bits per heavy atom. The molecule has 1 amide bonds. The van der Waals surface area contributed by atoms with Crippen molar-refractivity contribution in [2.45, 2.75) is 32.2 Å². The van der Waals surface area contributed by atoms with Gasteiger partial charge in [-0.25, -0.2) is 0 Å². The number of rotatable bonds is 7. The zero-order valence-electron chi connectivity index (χ0n) is 18.2. The van der Waals surface area contributed by atoms with E-state index in [0.29, 0.717) is 16.8 Å². The van der Waals surface area contributed by atoms with Crippen LogP contribution in [0.25, 0.3) is 6.08 Å². The minimum absolute atomic E-state index is 0.184. The molecule has 6 rings (SSSR count). The number of amides is 1. The van der Waals surface area contributed by atoms with Crippen LogP contribution in [0.3, 0.4) is 0 Å². The quantitative estimate of drug-likeness (QED) is 0.377. The average Bonchev–Trinajstić information content (AvgIpc) is 2.74. The maximum absolute atomic E-state index is 12.2. The minimum Gasteiger partial charge on any atom is -0.397 e. The summed E-state index contributed by atoms with van der Waals surface area (Å²) < 4.78 is 0. The number of carbonyl (C=O) groups is 1. The molecule has 0 aliphatic heterocycles. The van der Waals surface area contributed by atoms with E-state index in [2.05, 4.69) is 47.6 Å². The molecule has 4 aliphatic carbocycles. The van der Waals surface area contributed by atoms with Crippen LogP contribution < -0.4 is 11.1 Å². The fraction of sp³-hybridized carbons (Fsp3) is 0.370. The number of nitrogens with two attached hydrogens (primary N) is 1. The second kappa shape index (κ2) is 8.01. The third kappa shape index (κ3) is 4.05. The number of allylic oxidation sites excluding steroid dienone is 1. The summed E-state index contributed by atoms with van der Waals surface area (Å²) in [5.41, 5.74) is 11.7. The van der Waals surface area contributed by atoms with E-state index in [4.69, 9.17) is 5.73 Å². The number of fused-ring (bicyclic) bond motifs is 1. The number of carbonyl (C=O) groups excluding carboxylic acids is 1. The number of nitrogens with zero attached hydrogens (tertiary/aromatic N) is 1. The number of anilines is 2. The third-order valence-corrected chi connectivity index (χ3v) is 7.31. The minimum atomic E-state index is -0.184. The second-order valence-corrected chi connectivity index (χ2v) is 9.71. The molecule has 4 bridgehead atoms. The lowest BCUT2D eigenvalue weighted by atomic mass is 9.45. The summed E-state index contributed by atoms with van der Waals surface area (Å²) in [6.07, 6.45) is 11.5. The van der Waals surface area contributed by atoms with Gasteiger partial charge in [0.05, 0.1) is 11.4 Å². The monoisotopic (exact) mass is 413 g/mol. The predicted molar refractivity (Wildman–Crippen MR) is 127 cm³/mol. The molecule has 4 heteroatoms. The lowest BCUT2D eigenvalue weighted by molar-refractivity contribution is -0.111. The first kappa shape index (κ1) is 20.1. The van der Waals surface area contributed by atoms with E-state index in [9.17, 15) is 4.79 Å². The van der Waals surface area contributed by atoms with E-state index in [0.717, 1.165) is 23.9 Å². The van der Waals surface area contributed by atoms with E-state index in [-0.39, 0.29) is 5.91 Å². The van der Waals surface area contributed by atoms with E-state index >= 15 is 0 Å².